The van der Waals surface area contributed by atoms with Gasteiger partial charge in [0.25, 0.3) is 0 Å². The Labute approximate surface area is 122 Å². The summed E-state index contributed by atoms with van der Waals surface area (Å²) in [6.07, 6.45) is 1.72. The molecule has 3 aromatic rings. The second-order valence-electron chi connectivity index (χ2n) is 4.79. The Balaban J connectivity index is 2.03. The minimum Gasteiger partial charge on any atom is -0.336 e. The third-order valence-electron chi connectivity index (χ3n) is 3.42. The zero-order valence-corrected chi connectivity index (χ0v) is 11.8. The molecule has 2 aromatic heterocycles. The highest BCUT2D eigenvalue weighted by atomic mass is 15.2. The lowest BCUT2D eigenvalue weighted by atomic mass is 10.1. The summed E-state index contributed by atoms with van der Waals surface area (Å²) >= 11 is 0. The van der Waals surface area contributed by atoms with Crippen molar-refractivity contribution in [3.8, 4) is 6.07 Å². The van der Waals surface area contributed by atoms with Crippen LogP contribution in [0.5, 0.6) is 0 Å². The third kappa shape index (κ3) is 2.39. The molecule has 0 aliphatic heterocycles. The lowest BCUT2D eigenvalue weighted by Gasteiger charge is -2.09. The fraction of sp³-hybridized carbons (Fsp3) is 0.125. The molecule has 0 aliphatic carbocycles. The third-order valence-corrected chi connectivity index (χ3v) is 3.42. The normalized spacial score (nSPS) is 10.3. The molecule has 0 atom stereocenters. The van der Waals surface area contributed by atoms with Crippen LogP contribution < -0.4 is 5.32 Å². The molecule has 2 heterocycles. The van der Waals surface area contributed by atoms with Crippen LogP contribution in [0.4, 0.5) is 11.5 Å². The lowest BCUT2D eigenvalue weighted by Crippen LogP contribution is -2.03. The van der Waals surface area contributed by atoms with E-state index in [2.05, 4.69) is 26.6 Å². The Bertz CT molecular complexity index is 864. The maximum absolute atomic E-state index is 9.30. The van der Waals surface area contributed by atoms with Gasteiger partial charge in [-0.25, -0.2) is 0 Å². The first kappa shape index (κ1) is 13.0. The second-order valence-corrected chi connectivity index (χ2v) is 4.79. The topological polar surface area (TPSA) is 74.5 Å². The number of anilines is 2. The maximum atomic E-state index is 9.30. The highest BCUT2D eigenvalue weighted by Crippen LogP contribution is 2.23. The van der Waals surface area contributed by atoms with E-state index in [1.165, 1.54) is 0 Å². The summed E-state index contributed by atoms with van der Waals surface area (Å²) in [4.78, 5) is 4.38. The number of para-hydroxylation sites is 1. The number of rotatable bonds is 2. The molecule has 0 fully saturated rings. The highest BCUT2D eigenvalue weighted by Gasteiger charge is 2.11. The molecular formula is C16H13N5. The van der Waals surface area contributed by atoms with E-state index in [0.717, 1.165) is 27.8 Å². The molecule has 0 saturated carbocycles. The summed E-state index contributed by atoms with van der Waals surface area (Å²) in [5.41, 5.74) is 3.81. The number of nitrogens with zero attached hydrogens (tertiary/aromatic N) is 4. The minimum absolute atomic E-state index is 0.456. The zero-order chi connectivity index (χ0) is 14.8. The number of nitriles is 1. The first-order valence-corrected chi connectivity index (χ1v) is 6.55. The predicted molar refractivity (Wildman–Crippen MR) is 81.2 cm³/mol. The number of nitrogens with one attached hydrogen (secondary N) is 1. The fourth-order valence-corrected chi connectivity index (χ4v) is 2.11. The Kier molecular flexibility index (Phi) is 3.20. The van der Waals surface area contributed by atoms with Crippen molar-refractivity contribution in [2.24, 2.45) is 0 Å². The van der Waals surface area contributed by atoms with Gasteiger partial charge in [0.05, 0.1) is 23.1 Å². The lowest BCUT2D eigenvalue weighted by molar-refractivity contribution is 0.960. The number of fused-ring (bicyclic) bond motifs is 1. The molecule has 0 radical (unpaired) electrons. The number of hydrogen-bond donors (Lipinski definition) is 1. The van der Waals surface area contributed by atoms with Crippen molar-refractivity contribution in [3.63, 3.8) is 0 Å². The van der Waals surface area contributed by atoms with Gasteiger partial charge in [-0.3, -0.25) is 4.98 Å². The monoisotopic (exact) mass is 275 g/mol. The van der Waals surface area contributed by atoms with Crippen molar-refractivity contribution in [3.05, 3.63) is 53.3 Å². The summed E-state index contributed by atoms with van der Waals surface area (Å²) in [6, 6.07) is 12.0. The largest absolute Gasteiger partial charge is 0.336 e. The summed E-state index contributed by atoms with van der Waals surface area (Å²) in [5.74, 6) is 0.456. The van der Waals surface area contributed by atoms with Gasteiger partial charge in [0.2, 0.25) is 0 Å². The molecule has 1 aromatic carbocycles. The van der Waals surface area contributed by atoms with Gasteiger partial charge in [-0.15, -0.1) is 5.10 Å². The zero-order valence-electron chi connectivity index (χ0n) is 11.8. The van der Waals surface area contributed by atoms with Crippen LogP contribution in [-0.4, -0.2) is 15.2 Å². The van der Waals surface area contributed by atoms with Crippen LogP contribution in [0.1, 0.15) is 16.8 Å². The van der Waals surface area contributed by atoms with Crippen molar-refractivity contribution < 1.29 is 0 Å². The van der Waals surface area contributed by atoms with E-state index in [1.807, 2.05) is 44.2 Å². The molecule has 0 aliphatic rings. The summed E-state index contributed by atoms with van der Waals surface area (Å²) in [5, 5.41) is 21.6. The van der Waals surface area contributed by atoms with Crippen molar-refractivity contribution in [2.75, 3.05) is 5.32 Å². The first-order valence-electron chi connectivity index (χ1n) is 6.55. The second kappa shape index (κ2) is 5.17. The van der Waals surface area contributed by atoms with Crippen LogP contribution in [0.2, 0.25) is 0 Å². The van der Waals surface area contributed by atoms with E-state index in [4.69, 9.17) is 0 Å². The molecule has 21 heavy (non-hydrogen) atoms. The molecule has 0 saturated heterocycles. The number of benzene rings is 1. The van der Waals surface area contributed by atoms with Gasteiger partial charge < -0.3 is 5.32 Å². The van der Waals surface area contributed by atoms with Crippen molar-refractivity contribution >= 4 is 22.4 Å². The quantitative estimate of drug-likeness (QED) is 0.777. The standard InChI is InChI=1S/C16H13N5/c1-10-11(2)20-21-16(14(10)8-17)19-13-7-12-5-3-4-6-15(12)18-9-13/h3-7,9H,1-2H3,(H,19,21). The highest BCUT2D eigenvalue weighted by molar-refractivity contribution is 5.82. The Morgan fingerprint density at radius 3 is 2.76 bits per heavy atom. The maximum Gasteiger partial charge on any atom is 0.171 e. The number of pyridine rings is 1. The van der Waals surface area contributed by atoms with E-state index in [0.29, 0.717) is 11.4 Å². The van der Waals surface area contributed by atoms with Crippen LogP contribution in [-0.2, 0) is 0 Å². The summed E-state index contributed by atoms with van der Waals surface area (Å²) in [6.45, 7) is 3.71. The predicted octanol–water partition coefficient (Wildman–Crippen LogP) is 3.26. The summed E-state index contributed by atoms with van der Waals surface area (Å²) in [7, 11) is 0. The van der Waals surface area contributed by atoms with Gasteiger partial charge >= 0.3 is 0 Å². The van der Waals surface area contributed by atoms with E-state index in [9.17, 15) is 5.26 Å². The number of hydrogen-bond acceptors (Lipinski definition) is 5. The molecule has 0 amide bonds. The van der Waals surface area contributed by atoms with Gasteiger partial charge in [-0.05, 0) is 31.5 Å². The van der Waals surface area contributed by atoms with Crippen molar-refractivity contribution in [1.82, 2.24) is 15.2 Å². The van der Waals surface area contributed by atoms with Crippen LogP contribution in [0.25, 0.3) is 10.9 Å². The molecule has 1 N–H and O–H groups in total. The molecule has 0 spiro atoms. The van der Waals surface area contributed by atoms with Crippen LogP contribution in [0.15, 0.2) is 36.5 Å². The minimum atomic E-state index is 0.456. The molecule has 3 rings (SSSR count). The van der Waals surface area contributed by atoms with Gasteiger partial charge in [0.15, 0.2) is 5.82 Å². The Morgan fingerprint density at radius 2 is 1.95 bits per heavy atom. The smallest absolute Gasteiger partial charge is 0.171 e. The average molecular weight is 275 g/mol. The van der Waals surface area contributed by atoms with E-state index in [1.54, 1.807) is 6.20 Å². The molecule has 5 nitrogen and oxygen atoms in total. The van der Waals surface area contributed by atoms with E-state index in [-0.39, 0.29) is 0 Å². The van der Waals surface area contributed by atoms with Crippen molar-refractivity contribution in [2.45, 2.75) is 13.8 Å². The number of aryl methyl sites for hydroxylation is 1. The SMILES string of the molecule is Cc1nnc(Nc2cnc3ccccc3c2)c(C#N)c1C. The van der Waals surface area contributed by atoms with Crippen molar-refractivity contribution in [1.29, 1.82) is 5.26 Å². The number of aromatic nitrogens is 3. The fourth-order valence-electron chi connectivity index (χ4n) is 2.11. The van der Waals surface area contributed by atoms with Gasteiger partial charge in [0, 0.05) is 5.39 Å². The summed E-state index contributed by atoms with van der Waals surface area (Å²) < 4.78 is 0. The van der Waals surface area contributed by atoms with E-state index >= 15 is 0 Å². The first-order chi connectivity index (χ1) is 10.2. The molecule has 0 unspecified atom stereocenters. The van der Waals surface area contributed by atoms with Gasteiger partial charge in [-0.1, -0.05) is 18.2 Å². The van der Waals surface area contributed by atoms with E-state index < -0.39 is 0 Å². The Hall–Kier alpha value is -3.00. The van der Waals surface area contributed by atoms with Crippen LogP contribution >= 0.6 is 0 Å². The molecule has 5 heteroatoms. The average Bonchev–Trinajstić information content (AvgIpc) is 2.51. The van der Waals surface area contributed by atoms with Crippen LogP contribution in [0.3, 0.4) is 0 Å². The van der Waals surface area contributed by atoms with Gasteiger partial charge in [0.1, 0.15) is 11.6 Å². The molecule has 102 valence electrons. The Morgan fingerprint density at radius 1 is 1.14 bits per heavy atom. The van der Waals surface area contributed by atoms with Crippen LogP contribution in [0, 0.1) is 25.2 Å². The van der Waals surface area contributed by atoms with Gasteiger partial charge in [-0.2, -0.15) is 10.4 Å². The molecule has 0 bridgehead atoms. The molecular weight excluding hydrogens is 262 g/mol.